The lowest BCUT2D eigenvalue weighted by Gasteiger charge is -2.14. The minimum atomic E-state index is -3.85. The highest BCUT2D eigenvalue weighted by Crippen LogP contribution is 2.17. The van der Waals surface area contributed by atoms with Crippen molar-refractivity contribution in [1.29, 1.82) is 0 Å². The Kier molecular flexibility index (Phi) is 6.64. The van der Waals surface area contributed by atoms with Crippen LogP contribution in [0.1, 0.15) is 33.1 Å². The summed E-state index contributed by atoms with van der Waals surface area (Å²) in [5.74, 6) is -0.595. The molecule has 0 fully saturated rings. The largest absolute Gasteiger partial charge is 0.494 e. The molecule has 0 heterocycles. The molecule has 0 unspecified atom stereocenters. The summed E-state index contributed by atoms with van der Waals surface area (Å²) < 4.78 is 31.8. The van der Waals surface area contributed by atoms with Gasteiger partial charge in [0.15, 0.2) is 0 Å². The molecule has 1 rings (SSSR count). The van der Waals surface area contributed by atoms with Gasteiger partial charge in [-0.15, -0.1) is 0 Å². The summed E-state index contributed by atoms with van der Waals surface area (Å²) in [5, 5.41) is 9.01. The molecule has 0 aromatic heterocycles. The van der Waals surface area contributed by atoms with E-state index in [0.717, 1.165) is 6.42 Å². The van der Waals surface area contributed by atoms with E-state index in [0.29, 0.717) is 18.8 Å². The Morgan fingerprint density at radius 3 is 2.33 bits per heavy atom. The van der Waals surface area contributed by atoms with Gasteiger partial charge in [0, 0.05) is 0 Å². The van der Waals surface area contributed by atoms with E-state index in [-0.39, 0.29) is 11.3 Å². The van der Waals surface area contributed by atoms with Gasteiger partial charge in [-0.05, 0) is 37.1 Å². The van der Waals surface area contributed by atoms with E-state index in [2.05, 4.69) is 4.72 Å². The van der Waals surface area contributed by atoms with Crippen LogP contribution in [0.25, 0.3) is 0 Å². The predicted molar refractivity (Wildman–Crippen MR) is 78.9 cm³/mol. The molecule has 0 radical (unpaired) electrons. The fourth-order valence-electron chi connectivity index (χ4n) is 1.71. The van der Waals surface area contributed by atoms with Crippen molar-refractivity contribution in [2.45, 2.75) is 44.0 Å². The molecule has 0 aliphatic carbocycles. The van der Waals surface area contributed by atoms with Gasteiger partial charge >= 0.3 is 5.97 Å². The quantitative estimate of drug-likeness (QED) is 0.727. The molecule has 0 aliphatic heterocycles. The Hall–Kier alpha value is -1.60. The number of nitrogens with one attached hydrogen (secondary N) is 1. The van der Waals surface area contributed by atoms with Crippen molar-refractivity contribution in [2.24, 2.45) is 0 Å². The number of rotatable bonds is 9. The molecular weight excluding hydrogens is 294 g/mol. The minimum absolute atomic E-state index is 0.0219. The lowest BCUT2D eigenvalue weighted by molar-refractivity contribution is -0.139. The molecule has 7 heteroatoms. The van der Waals surface area contributed by atoms with Gasteiger partial charge in [0.25, 0.3) is 0 Å². The van der Waals surface area contributed by atoms with E-state index in [1.54, 1.807) is 19.1 Å². The van der Waals surface area contributed by atoms with Crippen molar-refractivity contribution in [2.75, 3.05) is 6.61 Å². The average Bonchev–Trinajstić information content (AvgIpc) is 2.45. The summed E-state index contributed by atoms with van der Waals surface area (Å²) in [6, 6.07) is 4.80. The van der Waals surface area contributed by atoms with Crippen LogP contribution in [0.2, 0.25) is 0 Å². The Balaban J connectivity index is 2.84. The Bertz CT molecular complexity index is 553. The molecule has 0 amide bonds. The van der Waals surface area contributed by atoms with E-state index >= 15 is 0 Å². The molecule has 0 spiro atoms. The lowest BCUT2D eigenvalue weighted by atomic mass is 10.2. The maximum atomic E-state index is 12.1. The highest BCUT2D eigenvalue weighted by molar-refractivity contribution is 7.89. The number of sulfonamides is 1. The number of hydrogen-bond acceptors (Lipinski definition) is 4. The third kappa shape index (κ3) is 5.35. The molecule has 0 aliphatic rings. The predicted octanol–water partition coefficient (Wildman–Crippen LogP) is 2.01. The number of carbonyl (C=O) groups is 1. The minimum Gasteiger partial charge on any atom is -0.494 e. The second kappa shape index (κ2) is 7.99. The van der Waals surface area contributed by atoms with Gasteiger partial charge in [0.05, 0.1) is 11.5 Å². The third-order valence-electron chi connectivity index (χ3n) is 2.78. The summed E-state index contributed by atoms with van der Waals surface area (Å²) in [6.45, 7) is 4.33. The number of carboxylic acid groups (broad SMARTS) is 1. The van der Waals surface area contributed by atoms with Crippen LogP contribution in [0.4, 0.5) is 0 Å². The number of aliphatic carboxylic acids is 1. The lowest BCUT2D eigenvalue weighted by Crippen LogP contribution is -2.40. The van der Waals surface area contributed by atoms with E-state index in [9.17, 15) is 13.2 Å². The Morgan fingerprint density at radius 2 is 1.86 bits per heavy atom. The molecule has 0 saturated heterocycles. The van der Waals surface area contributed by atoms with Crippen LogP contribution in [-0.4, -0.2) is 32.1 Å². The van der Waals surface area contributed by atoms with Gasteiger partial charge in [-0.3, -0.25) is 4.79 Å². The zero-order valence-electron chi connectivity index (χ0n) is 12.2. The fourth-order valence-corrected chi connectivity index (χ4v) is 2.94. The summed E-state index contributed by atoms with van der Waals surface area (Å²) in [6.07, 6.45) is 1.68. The van der Waals surface area contributed by atoms with E-state index in [4.69, 9.17) is 9.84 Å². The first kappa shape index (κ1) is 17.5. The van der Waals surface area contributed by atoms with Crippen molar-refractivity contribution >= 4 is 16.0 Å². The van der Waals surface area contributed by atoms with E-state index in [1.807, 2.05) is 6.92 Å². The molecule has 6 nitrogen and oxygen atoms in total. The fraction of sp³-hybridized carbons (Fsp3) is 0.500. The van der Waals surface area contributed by atoms with E-state index < -0.39 is 22.0 Å². The van der Waals surface area contributed by atoms with E-state index in [1.165, 1.54) is 12.1 Å². The Labute approximate surface area is 125 Å². The maximum Gasteiger partial charge on any atom is 0.321 e. The first-order valence-corrected chi connectivity index (χ1v) is 8.37. The van der Waals surface area contributed by atoms with Gasteiger partial charge in [-0.25, -0.2) is 8.42 Å². The van der Waals surface area contributed by atoms with Crippen molar-refractivity contribution in [3.8, 4) is 5.75 Å². The van der Waals surface area contributed by atoms with Crippen molar-refractivity contribution in [1.82, 2.24) is 4.72 Å². The summed E-state index contributed by atoms with van der Waals surface area (Å²) in [4.78, 5) is 11.0. The standard InChI is InChI=1S/C14H21NO5S/c1-3-5-13(14(16)17)15-21(18,19)12-8-6-11(7-9-12)20-10-4-2/h6-9,13,15H,3-5,10H2,1-2H3,(H,16,17)/t13-/m1/s1. The zero-order chi connectivity index (χ0) is 15.9. The number of hydrogen-bond donors (Lipinski definition) is 2. The van der Waals surface area contributed by atoms with Crippen LogP contribution in [0.5, 0.6) is 5.75 Å². The highest BCUT2D eigenvalue weighted by Gasteiger charge is 2.24. The summed E-state index contributed by atoms with van der Waals surface area (Å²) >= 11 is 0. The zero-order valence-corrected chi connectivity index (χ0v) is 13.0. The van der Waals surface area contributed by atoms with Crippen LogP contribution in [0, 0.1) is 0 Å². The van der Waals surface area contributed by atoms with Crippen LogP contribution < -0.4 is 9.46 Å². The van der Waals surface area contributed by atoms with Gasteiger partial charge in [0.2, 0.25) is 10.0 Å². The molecule has 118 valence electrons. The molecule has 2 N–H and O–H groups in total. The summed E-state index contributed by atoms with van der Waals surface area (Å²) in [7, 11) is -3.85. The molecule has 21 heavy (non-hydrogen) atoms. The molecule has 1 aromatic rings. The monoisotopic (exact) mass is 315 g/mol. The maximum absolute atomic E-state index is 12.1. The average molecular weight is 315 g/mol. The molecule has 1 aromatic carbocycles. The van der Waals surface area contributed by atoms with Gasteiger partial charge in [-0.1, -0.05) is 20.3 Å². The van der Waals surface area contributed by atoms with Gasteiger partial charge in [0.1, 0.15) is 11.8 Å². The first-order chi connectivity index (χ1) is 9.90. The van der Waals surface area contributed by atoms with Gasteiger partial charge < -0.3 is 9.84 Å². The van der Waals surface area contributed by atoms with Crippen LogP contribution in [0.15, 0.2) is 29.2 Å². The third-order valence-corrected chi connectivity index (χ3v) is 4.27. The molecule has 0 bridgehead atoms. The van der Waals surface area contributed by atoms with Crippen LogP contribution in [0.3, 0.4) is 0 Å². The number of carboxylic acids is 1. The molecular formula is C14H21NO5S. The highest BCUT2D eigenvalue weighted by atomic mass is 32.2. The van der Waals surface area contributed by atoms with Crippen LogP contribution >= 0.6 is 0 Å². The summed E-state index contributed by atoms with van der Waals surface area (Å²) in [5.41, 5.74) is 0. The normalized spacial score (nSPS) is 12.9. The molecule has 1 atom stereocenters. The van der Waals surface area contributed by atoms with Crippen LogP contribution in [-0.2, 0) is 14.8 Å². The second-order valence-electron chi connectivity index (χ2n) is 4.62. The number of benzene rings is 1. The van der Waals surface area contributed by atoms with Crippen molar-refractivity contribution in [3.05, 3.63) is 24.3 Å². The number of ether oxygens (including phenoxy) is 1. The van der Waals surface area contributed by atoms with Crippen molar-refractivity contribution < 1.29 is 23.1 Å². The first-order valence-electron chi connectivity index (χ1n) is 6.88. The second-order valence-corrected chi connectivity index (χ2v) is 6.33. The van der Waals surface area contributed by atoms with Gasteiger partial charge in [-0.2, -0.15) is 4.72 Å². The topological polar surface area (TPSA) is 92.7 Å². The molecule has 0 saturated carbocycles. The Morgan fingerprint density at radius 1 is 1.24 bits per heavy atom. The SMILES string of the molecule is CCCOc1ccc(S(=O)(=O)N[C@H](CCC)C(=O)O)cc1. The smallest absolute Gasteiger partial charge is 0.321 e. The van der Waals surface area contributed by atoms with Crippen molar-refractivity contribution in [3.63, 3.8) is 0 Å².